The summed E-state index contributed by atoms with van der Waals surface area (Å²) in [6, 6.07) is 6.60. The molecule has 0 spiro atoms. The van der Waals surface area contributed by atoms with Gasteiger partial charge in [0.1, 0.15) is 5.75 Å². The van der Waals surface area contributed by atoms with Crippen LogP contribution in [0.1, 0.15) is 70.4 Å². The van der Waals surface area contributed by atoms with Crippen LogP contribution in [-0.2, 0) is 6.42 Å². The van der Waals surface area contributed by atoms with Crippen molar-refractivity contribution >= 4 is 0 Å². The van der Waals surface area contributed by atoms with Gasteiger partial charge >= 0.3 is 0 Å². The van der Waals surface area contributed by atoms with E-state index in [1.807, 2.05) is 0 Å². The van der Waals surface area contributed by atoms with E-state index in [-0.39, 0.29) is 0 Å². The van der Waals surface area contributed by atoms with Crippen molar-refractivity contribution in [2.24, 2.45) is 0 Å². The maximum Gasteiger partial charge on any atom is 0.122 e. The van der Waals surface area contributed by atoms with Crippen molar-refractivity contribution in [3.8, 4) is 5.75 Å². The minimum Gasteiger partial charge on any atom is -0.490 e. The molecule has 108 valence electrons. The van der Waals surface area contributed by atoms with Gasteiger partial charge in [0.25, 0.3) is 0 Å². The van der Waals surface area contributed by atoms with E-state index in [9.17, 15) is 0 Å². The van der Waals surface area contributed by atoms with Crippen molar-refractivity contribution in [1.82, 2.24) is 0 Å². The number of ether oxygens (including phenoxy) is 1. The minimum atomic E-state index is 0.391. The van der Waals surface area contributed by atoms with Crippen molar-refractivity contribution in [3.63, 3.8) is 0 Å². The van der Waals surface area contributed by atoms with Crippen LogP contribution in [-0.4, -0.2) is 6.10 Å². The molecule has 0 bridgehead atoms. The Kier molecular flexibility index (Phi) is 7.62. The largest absolute Gasteiger partial charge is 0.490 e. The highest BCUT2D eigenvalue weighted by Crippen LogP contribution is 2.23. The van der Waals surface area contributed by atoms with Crippen molar-refractivity contribution < 1.29 is 4.74 Å². The Morgan fingerprint density at radius 3 is 2.37 bits per heavy atom. The van der Waals surface area contributed by atoms with E-state index in [1.165, 1.54) is 49.7 Å². The lowest BCUT2D eigenvalue weighted by Crippen LogP contribution is -2.16. The SMILES string of the molecule is CCCCCC(CCC)Oc1ccc(CC)cc1C. The molecule has 0 saturated carbocycles. The standard InChI is InChI=1S/C18H30O/c1-5-8-9-11-17(10-6-2)19-18-13-12-16(7-3)14-15(18)4/h12-14,17H,5-11H2,1-4H3. The summed E-state index contributed by atoms with van der Waals surface area (Å²) in [4.78, 5) is 0. The Morgan fingerprint density at radius 1 is 1.00 bits per heavy atom. The van der Waals surface area contributed by atoms with Crippen LogP contribution in [0.15, 0.2) is 18.2 Å². The Morgan fingerprint density at radius 2 is 1.79 bits per heavy atom. The molecule has 1 nitrogen and oxygen atoms in total. The summed E-state index contributed by atoms with van der Waals surface area (Å²) in [6.45, 7) is 8.84. The third-order valence-corrected chi connectivity index (χ3v) is 3.68. The van der Waals surface area contributed by atoms with Crippen LogP contribution < -0.4 is 4.74 Å². The molecule has 0 heterocycles. The molecule has 0 aliphatic carbocycles. The maximum atomic E-state index is 6.23. The van der Waals surface area contributed by atoms with Gasteiger partial charge in [-0.15, -0.1) is 0 Å². The van der Waals surface area contributed by atoms with Crippen LogP contribution in [0.3, 0.4) is 0 Å². The zero-order valence-electron chi connectivity index (χ0n) is 13.2. The molecule has 1 unspecified atom stereocenters. The van der Waals surface area contributed by atoms with Crippen LogP contribution >= 0.6 is 0 Å². The van der Waals surface area contributed by atoms with E-state index in [2.05, 4.69) is 45.9 Å². The summed E-state index contributed by atoms with van der Waals surface area (Å²) in [6.07, 6.45) is 8.92. The molecule has 19 heavy (non-hydrogen) atoms. The highest BCUT2D eigenvalue weighted by atomic mass is 16.5. The Balaban J connectivity index is 2.61. The summed E-state index contributed by atoms with van der Waals surface area (Å²) in [5.41, 5.74) is 2.67. The fraction of sp³-hybridized carbons (Fsp3) is 0.667. The van der Waals surface area contributed by atoms with E-state index >= 15 is 0 Å². The van der Waals surface area contributed by atoms with Gasteiger partial charge in [0, 0.05) is 0 Å². The average Bonchev–Trinajstić information content (AvgIpc) is 2.41. The zero-order chi connectivity index (χ0) is 14.1. The van der Waals surface area contributed by atoms with Gasteiger partial charge in [-0.2, -0.15) is 0 Å². The molecule has 1 aromatic carbocycles. The van der Waals surface area contributed by atoms with Crippen molar-refractivity contribution in [2.75, 3.05) is 0 Å². The first-order chi connectivity index (χ1) is 9.21. The van der Waals surface area contributed by atoms with E-state index in [0.717, 1.165) is 12.2 Å². The Labute approximate surface area is 119 Å². The van der Waals surface area contributed by atoms with Crippen molar-refractivity contribution in [1.29, 1.82) is 0 Å². The lowest BCUT2D eigenvalue weighted by atomic mass is 10.1. The first kappa shape index (κ1) is 16.1. The van der Waals surface area contributed by atoms with Gasteiger partial charge in [-0.3, -0.25) is 0 Å². The molecule has 0 radical (unpaired) electrons. The molecule has 0 aliphatic heterocycles. The third-order valence-electron chi connectivity index (χ3n) is 3.68. The summed E-state index contributed by atoms with van der Waals surface area (Å²) in [5, 5.41) is 0. The molecule has 0 N–H and O–H groups in total. The van der Waals surface area contributed by atoms with E-state index in [0.29, 0.717) is 6.10 Å². The number of hydrogen-bond acceptors (Lipinski definition) is 1. The molecule has 0 aliphatic rings. The number of unbranched alkanes of at least 4 members (excludes halogenated alkanes) is 2. The van der Waals surface area contributed by atoms with Crippen LogP contribution in [0.25, 0.3) is 0 Å². The summed E-state index contributed by atoms with van der Waals surface area (Å²) >= 11 is 0. The second-order valence-corrected chi connectivity index (χ2v) is 5.48. The average molecular weight is 262 g/mol. The first-order valence-electron chi connectivity index (χ1n) is 7.97. The maximum absolute atomic E-state index is 6.23. The van der Waals surface area contributed by atoms with E-state index < -0.39 is 0 Å². The fourth-order valence-electron chi connectivity index (χ4n) is 2.45. The first-order valence-corrected chi connectivity index (χ1v) is 7.97. The van der Waals surface area contributed by atoms with Gasteiger partial charge in [0.15, 0.2) is 0 Å². The molecule has 0 fully saturated rings. The van der Waals surface area contributed by atoms with Crippen molar-refractivity contribution in [2.45, 2.75) is 78.7 Å². The van der Waals surface area contributed by atoms with Gasteiger partial charge in [0.05, 0.1) is 6.10 Å². The van der Waals surface area contributed by atoms with Gasteiger partial charge in [-0.1, -0.05) is 52.2 Å². The highest BCUT2D eigenvalue weighted by molar-refractivity contribution is 5.36. The molecule has 1 atom stereocenters. The molecule has 0 aromatic heterocycles. The molecular formula is C18H30O. The molecule has 0 saturated heterocycles. The molecule has 1 heteroatoms. The molecular weight excluding hydrogens is 232 g/mol. The lowest BCUT2D eigenvalue weighted by Gasteiger charge is -2.20. The van der Waals surface area contributed by atoms with Gasteiger partial charge in [-0.25, -0.2) is 0 Å². The quantitative estimate of drug-likeness (QED) is 0.520. The van der Waals surface area contributed by atoms with Crippen LogP contribution in [0.4, 0.5) is 0 Å². The van der Waals surface area contributed by atoms with Gasteiger partial charge in [0.2, 0.25) is 0 Å². The monoisotopic (exact) mass is 262 g/mol. The number of benzene rings is 1. The summed E-state index contributed by atoms with van der Waals surface area (Å²) in [7, 11) is 0. The second kappa shape index (κ2) is 9.01. The Hall–Kier alpha value is -0.980. The summed E-state index contributed by atoms with van der Waals surface area (Å²) in [5.74, 6) is 1.08. The number of hydrogen-bond donors (Lipinski definition) is 0. The van der Waals surface area contributed by atoms with E-state index in [4.69, 9.17) is 4.74 Å². The topological polar surface area (TPSA) is 9.23 Å². The normalized spacial score (nSPS) is 12.4. The zero-order valence-corrected chi connectivity index (χ0v) is 13.2. The van der Waals surface area contributed by atoms with Gasteiger partial charge < -0.3 is 4.74 Å². The summed E-state index contributed by atoms with van der Waals surface area (Å²) < 4.78 is 6.23. The number of aryl methyl sites for hydroxylation is 2. The minimum absolute atomic E-state index is 0.391. The molecule has 1 aromatic rings. The second-order valence-electron chi connectivity index (χ2n) is 5.48. The molecule has 1 rings (SSSR count). The predicted molar refractivity (Wildman–Crippen MR) is 84.0 cm³/mol. The lowest BCUT2D eigenvalue weighted by molar-refractivity contribution is 0.175. The highest BCUT2D eigenvalue weighted by Gasteiger charge is 2.11. The van der Waals surface area contributed by atoms with Crippen LogP contribution in [0.2, 0.25) is 0 Å². The van der Waals surface area contributed by atoms with Crippen LogP contribution in [0, 0.1) is 6.92 Å². The third kappa shape index (κ3) is 5.67. The van der Waals surface area contributed by atoms with Crippen LogP contribution in [0.5, 0.6) is 5.75 Å². The van der Waals surface area contributed by atoms with E-state index in [1.54, 1.807) is 0 Å². The molecule has 0 amide bonds. The number of rotatable bonds is 9. The predicted octanol–water partition coefficient (Wildman–Crippen LogP) is 5.69. The van der Waals surface area contributed by atoms with Crippen molar-refractivity contribution in [3.05, 3.63) is 29.3 Å². The smallest absolute Gasteiger partial charge is 0.122 e. The van der Waals surface area contributed by atoms with Gasteiger partial charge in [-0.05, 0) is 49.8 Å². The fourth-order valence-corrected chi connectivity index (χ4v) is 2.45. The Bertz CT molecular complexity index is 357.